The highest BCUT2D eigenvalue weighted by atomic mass is 35.5. The third-order valence-electron chi connectivity index (χ3n) is 15.3. The number of carbonyl (C=O) groups is 4. The number of aromatic nitrogens is 4. The Labute approximate surface area is 444 Å². The van der Waals surface area contributed by atoms with E-state index in [9.17, 15) is 23.7 Å². The second kappa shape index (κ2) is 20.7. The summed E-state index contributed by atoms with van der Waals surface area (Å²) in [4.78, 5) is 70.4. The molecule has 1 unspecified atom stereocenters. The molecule has 4 amide bonds. The molecule has 7 heterocycles. The van der Waals surface area contributed by atoms with E-state index >= 15 is 4.39 Å². The van der Waals surface area contributed by atoms with E-state index in [1.165, 1.54) is 12.3 Å². The van der Waals surface area contributed by atoms with Crippen LogP contribution in [0.15, 0.2) is 91.4 Å². The number of methoxy groups -OCH3 is 1. The number of benzene rings is 4. The van der Waals surface area contributed by atoms with Gasteiger partial charge in [-0.3, -0.25) is 39.0 Å². The van der Waals surface area contributed by atoms with Gasteiger partial charge in [-0.2, -0.15) is 10.1 Å². The molecule has 0 bridgehead atoms. The van der Waals surface area contributed by atoms with Crippen LogP contribution in [-0.2, 0) is 21.2 Å². The zero-order valence-electron chi connectivity index (χ0n) is 42.8. The van der Waals surface area contributed by atoms with E-state index < -0.39 is 42.6 Å². The summed E-state index contributed by atoms with van der Waals surface area (Å²) in [5.74, 6) is -1.52. The van der Waals surface area contributed by atoms with Gasteiger partial charge in [-0.25, -0.2) is 9.37 Å². The van der Waals surface area contributed by atoms with E-state index in [0.29, 0.717) is 58.3 Å². The second-order valence-corrected chi connectivity index (χ2v) is 24.3. The molecule has 1 atom stereocenters. The van der Waals surface area contributed by atoms with Crippen molar-refractivity contribution in [1.82, 2.24) is 39.8 Å². The summed E-state index contributed by atoms with van der Waals surface area (Å²) in [6.07, 6.45) is 7.44. The number of halogens is 2. The Hall–Kier alpha value is -7.18. The Morgan fingerprint density at radius 2 is 1.53 bits per heavy atom. The first-order valence-corrected chi connectivity index (χ1v) is 28.6. The number of carbonyl (C=O) groups excluding carboxylic acids is 4. The lowest BCUT2D eigenvalue weighted by Crippen LogP contribution is -2.57. The molecule has 76 heavy (non-hydrogen) atoms. The van der Waals surface area contributed by atoms with Crippen LogP contribution in [-0.4, -0.2) is 150 Å². The number of rotatable bonds is 14. The number of hydrogen-bond acceptors (Lipinski definition) is 15. The number of nitrogens with one attached hydrogen (secondary N) is 3. The minimum Gasteiger partial charge on any atom is -0.494 e. The van der Waals surface area contributed by atoms with Crippen LogP contribution in [0.25, 0.3) is 22.3 Å². The molecular formula is C55H59ClFN12O6P. The van der Waals surface area contributed by atoms with Crippen molar-refractivity contribution in [3.63, 3.8) is 0 Å². The van der Waals surface area contributed by atoms with Crippen molar-refractivity contribution >= 4 is 82.2 Å². The van der Waals surface area contributed by atoms with Gasteiger partial charge in [-0.05, 0) is 74.1 Å². The molecule has 6 aromatic rings. The number of nitrogens with zero attached hydrogens (tertiary/aromatic N) is 9. The summed E-state index contributed by atoms with van der Waals surface area (Å²) in [7, 11) is 0.798. The maximum absolute atomic E-state index is 15.5. The van der Waals surface area contributed by atoms with Crippen molar-refractivity contribution in [2.45, 2.75) is 37.8 Å². The highest BCUT2D eigenvalue weighted by Gasteiger charge is 2.46. The van der Waals surface area contributed by atoms with E-state index in [1.807, 2.05) is 72.9 Å². The Kier molecular flexibility index (Phi) is 13.9. The van der Waals surface area contributed by atoms with E-state index in [1.54, 1.807) is 25.1 Å². The molecule has 4 saturated heterocycles. The van der Waals surface area contributed by atoms with Crippen LogP contribution in [0.1, 0.15) is 46.4 Å². The highest BCUT2D eigenvalue weighted by molar-refractivity contribution is 7.70. The van der Waals surface area contributed by atoms with Crippen LogP contribution in [0.2, 0.25) is 5.02 Å². The molecule has 394 valence electrons. The molecular weight excluding hydrogens is 1010 g/mol. The molecule has 21 heteroatoms. The highest BCUT2D eigenvalue weighted by Crippen LogP contribution is 2.44. The Morgan fingerprint density at radius 3 is 2.21 bits per heavy atom. The topological polar surface area (TPSA) is 190 Å². The largest absolute Gasteiger partial charge is 0.494 e. The van der Waals surface area contributed by atoms with Gasteiger partial charge >= 0.3 is 0 Å². The van der Waals surface area contributed by atoms with Crippen LogP contribution in [0.4, 0.5) is 38.9 Å². The first-order valence-electron chi connectivity index (χ1n) is 25.6. The molecule has 2 aromatic heterocycles. The number of piperazine rings is 1. The van der Waals surface area contributed by atoms with Gasteiger partial charge in [0.05, 0.1) is 47.7 Å². The number of amides is 4. The third kappa shape index (κ3) is 10.2. The molecule has 5 aliphatic heterocycles. The number of anilines is 6. The number of imide groups is 2. The van der Waals surface area contributed by atoms with Gasteiger partial charge in [-0.1, -0.05) is 48.0 Å². The van der Waals surface area contributed by atoms with Crippen LogP contribution in [0.5, 0.6) is 5.75 Å². The molecule has 4 aromatic carbocycles. The van der Waals surface area contributed by atoms with Gasteiger partial charge in [0.25, 0.3) is 11.8 Å². The van der Waals surface area contributed by atoms with Gasteiger partial charge in [0.15, 0.2) is 5.82 Å². The maximum Gasteiger partial charge on any atom is 0.262 e. The van der Waals surface area contributed by atoms with Crippen LogP contribution < -0.4 is 35.8 Å². The fourth-order valence-corrected chi connectivity index (χ4v) is 12.6. The average molecular weight is 1070 g/mol. The third-order valence-corrected chi connectivity index (χ3v) is 17.1. The van der Waals surface area contributed by atoms with E-state index in [0.717, 1.165) is 97.6 Å². The molecule has 0 spiro atoms. The Balaban J connectivity index is 0.711. The quantitative estimate of drug-likeness (QED) is 0.0733. The van der Waals surface area contributed by atoms with Crippen LogP contribution in [0, 0.1) is 11.7 Å². The smallest absolute Gasteiger partial charge is 0.262 e. The minimum atomic E-state index is -2.75. The lowest BCUT2D eigenvalue weighted by Gasteiger charge is -2.46. The van der Waals surface area contributed by atoms with Crippen molar-refractivity contribution < 1.29 is 32.9 Å². The average Bonchev–Trinajstić information content (AvgIpc) is 3.96. The summed E-state index contributed by atoms with van der Waals surface area (Å²) in [5.41, 5.74) is 6.55. The number of fused-ring (bicyclic) bond motifs is 1. The first kappa shape index (κ1) is 51.0. The normalized spacial score (nSPS) is 19.0. The monoisotopic (exact) mass is 1070 g/mol. The number of aryl methyl sites for hydroxylation is 1. The molecule has 0 aliphatic carbocycles. The predicted molar refractivity (Wildman–Crippen MR) is 292 cm³/mol. The minimum absolute atomic E-state index is 0.0145. The van der Waals surface area contributed by atoms with Gasteiger partial charge in [-0.15, -0.1) is 0 Å². The van der Waals surface area contributed by atoms with Gasteiger partial charge < -0.3 is 34.6 Å². The second-order valence-electron chi connectivity index (χ2n) is 20.7. The number of hydrogen-bond donors (Lipinski definition) is 3. The Morgan fingerprint density at radius 1 is 0.789 bits per heavy atom. The molecule has 0 saturated carbocycles. The Bertz CT molecular complexity index is 3320. The molecule has 5 aliphatic rings. The number of ether oxygens (including phenoxy) is 1. The summed E-state index contributed by atoms with van der Waals surface area (Å²) in [6.45, 7) is 11.1. The predicted octanol–water partition coefficient (Wildman–Crippen LogP) is 7.20. The van der Waals surface area contributed by atoms with E-state index in [2.05, 4.69) is 52.9 Å². The molecule has 4 fully saturated rings. The van der Waals surface area contributed by atoms with Gasteiger partial charge in [0, 0.05) is 119 Å². The first-order chi connectivity index (χ1) is 36.6. The van der Waals surface area contributed by atoms with Crippen molar-refractivity contribution in [2.24, 2.45) is 13.0 Å². The summed E-state index contributed by atoms with van der Waals surface area (Å²) >= 11 is 6.71. The van der Waals surface area contributed by atoms with E-state index in [-0.39, 0.29) is 35.6 Å². The summed E-state index contributed by atoms with van der Waals surface area (Å²) in [5, 5.41) is 14.4. The van der Waals surface area contributed by atoms with Gasteiger partial charge in [0.1, 0.15) is 29.8 Å². The maximum atomic E-state index is 15.5. The summed E-state index contributed by atoms with van der Waals surface area (Å²) < 4.78 is 37.0. The van der Waals surface area contributed by atoms with Crippen LogP contribution >= 0.6 is 18.7 Å². The molecule has 18 nitrogen and oxygen atoms in total. The lowest BCUT2D eigenvalue weighted by molar-refractivity contribution is -0.136. The fraction of sp³-hybridized carbons (Fsp3) is 0.364. The number of piperidine rings is 2. The SMILES string of the molecule is COc1cc(N2CCC(N3CCN(CC4CN(c5cc6c(cc5F)C(=O)N(C5CCC(=O)NC5=O)C6=O)C4)CC3)CC2)c(-c2cnn(C)c2)cc1Nc1ncc(Cl)c(Nc2ccc(-c3ccccc3)cc2P(C)(C)=O)n1. The van der Waals surface area contributed by atoms with Crippen molar-refractivity contribution in [3.05, 3.63) is 113 Å². The van der Waals surface area contributed by atoms with Crippen molar-refractivity contribution in [1.29, 1.82) is 0 Å². The standard InChI is InChI=1S/C55H59ClFN12O6P/c1-64-32-36(27-59-64)38-24-44(61-55-58-28-41(56)51(63-55)60-43-11-10-35(22-49(43)76(3,4)74)34-8-6-5-7-9-34)48(75-2)26-46(38)67-16-14-37(15-17-67)66-20-18-65(19-21-66)29-33-30-68(31-33)47-25-40-39(23-42(47)57)53(72)69(54(40)73)45-12-13-50(70)62-52(45)71/h5-11,22-28,32-33,37,45H,12-21,29-31H2,1-4H3,(H,62,70,71)(H2,58,60,61,63). The molecule has 3 N–H and O–H groups in total. The molecule has 11 rings (SSSR count). The zero-order chi connectivity index (χ0) is 53.0. The van der Waals surface area contributed by atoms with Crippen LogP contribution in [0.3, 0.4) is 0 Å². The molecule has 0 radical (unpaired) electrons. The fourth-order valence-electron chi connectivity index (χ4n) is 11.3. The van der Waals surface area contributed by atoms with Gasteiger partial charge in [0.2, 0.25) is 17.8 Å². The zero-order valence-corrected chi connectivity index (χ0v) is 44.4. The van der Waals surface area contributed by atoms with E-state index in [4.69, 9.17) is 21.3 Å². The lowest BCUT2D eigenvalue weighted by atomic mass is 9.96. The summed E-state index contributed by atoms with van der Waals surface area (Å²) in [6, 6.07) is 21.8. The van der Waals surface area contributed by atoms with Crippen molar-refractivity contribution in [2.75, 3.05) is 99.8 Å². The van der Waals surface area contributed by atoms with Crippen molar-refractivity contribution in [3.8, 4) is 28.0 Å².